The number of carboxylic acid groups (broad SMARTS) is 1. The first-order chi connectivity index (χ1) is 27.5. The lowest BCUT2D eigenvalue weighted by molar-refractivity contribution is -0.138. The van der Waals surface area contributed by atoms with Crippen LogP contribution in [0.1, 0.15) is 10.5 Å². The van der Waals surface area contributed by atoms with Crippen molar-refractivity contribution in [2.75, 3.05) is 155 Å². The molecule has 25 nitrogen and oxygen atoms in total. The van der Waals surface area contributed by atoms with E-state index in [0.29, 0.717) is 130 Å². The topological polar surface area (TPSA) is 327 Å². The van der Waals surface area contributed by atoms with Crippen molar-refractivity contribution in [1.29, 1.82) is 0 Å². The molecule has 326 valence electrons. The first-order valence-electron chi connectivity index (χ1n) is 18.3. The number of ether oxygens (including phenoxy) is 6. The van der Waals surface area contributed by atoms with E-state index < -0.39 is 31.7 Å². The van der Waals surface area contributed by atoms with Gasteiger partial charge in [0.1, 0.15) is 0 Å². The maximum atomic E-state index is 12.3. The van der Waals surface area contributed by atoms with Gasteiger partial charge in [0.25, 0.3) is 5.91 Å². The number of aliphatic carboxylic acids is 1. The Morgan fingerprint density at radius 3 is 1.86 bits per heavy atom. The first-order valence-corrected chi connectivity index (χ1v) is 22.0. The van der Waals surface area contributed by atoms with Crippen molar-refractivity contribution in [3.63, 3.8) is 0 Å². The summed E-state index contributed by atoms with van der Waals surface area (Å²) in [4.78, 5) is 27.1. The predicted octanol–water partition coefficient (Wildman–Crippen LogP) is -2.36. The maximum Gasteiger partial charge on any atom is 0.332 e. The average Bonchev–Trinajstić information content (AvgIpc) is 3.87. The highest BCUT2D eigenvalue weighted by Crippen LogP contribution is 2.09. The van der Waals surface area contributed by atoms with E-state index >= 15 is 0 Å². The number of carbonyl (C=O) groups excluding carboxylic acids is 1. The summed E-state index contributed by atoms with van der Waals surface area (Å²) in [5.74, 6) is -0.673. The van der Waals surface area contributed by atoms with Crippen LogP contribution < -0.4 is 11.1 Å². The van der Waals surface area contributed by atoms with Crippen LogP contribution in [0.4, 0.5) is 0 Å². The van der Waals surface area contributed by atoms with Crippen molar-refractivity contribution in [1.82, 2.24) is 30.2 Å². The van der Waals surface area contributed by atoms with Crippen LogP contribution in [0, 0.1) is 0 Å². The van der Waals surface area contributed by atoms with E-state index in [1.165, 1.54) is 9.58 Å². The van der Waals surface area contributed by atoms with Gasteiger partial charge in [0.05, 0.1) is 128 Å². The molecule has 57 heavy (non-hydrogen) atoms. The van der Waals surface area contributed by atoms with Crippen molar-refractivity contribution < 1.29 is 60.0 Å². The zero-order valence-electron chi connectivity index (χ0n) is 32.0. The maximum absolute atomic E-state index is 12.3. The van der Waals surface area contributed by atoms with Crippen molar-refractivity contribution in [2.45, 2.75) is 12.6 Å². The van der Waals surface area contributed by atoms with Gasteiger partial charge < -0.3 is 49.5 Å². The molecule has 4 rings (SSSR count). The zero-order chi connectivity index (χ0) is 41.6. The van der Waals surface area contributed by atoms with Gasteiger partial charge in [-0.25, -0.2) is 26.3 Å². The van der Waals surface area contributed by atoms with E-state index in [1.807, 2.05) is 0 Å². The van der Waals surface area contributed by atoms with Crippen LogP contribution in [0.2, 0.25) is 0 Å². The van der Waals surface area contributed by atoms with E-state index in [-0.39, 0.29) is 42.7 Å². The molecule has 1 unspecified atom stereocenters. The molecule has 4 N–H and O–H groups in total. The Labute approximate surface area is 331 Å². The summed E-state index contributed by atoms with van der Waals surface area (Å²) in [6, 6.07) is -0.776. The minimum absolute atomic E-state index is 0.0120. The lowest BCUT2D eigenvalue weighted by Crippen LogP contribution is -2.43. The van der Waals surface area contributed by atoms with Crippen LogP contribution >= 0.6 is 0 Å². The van der Waals surface area contributed by atoms with Crippen LogP contribution in [0.5, 0.6) is 0 Å². The minimum Gasteiger partial charge on any atom is -0.480 e. The number of aromatic nitrogens is 3. The van der Waals surface area contributed by atoms with Crippen LogP contribution in [-0.2, 0) is 59.4 Å². The molecule has 2 fully saturated rings. The molecule has 1 amide bonds. The molecule has 3 aliphatic heterocycles. The number of nitrogens with one attached hydrogen (secondary N) is 1. The summed E-state index contributed by atoms with van der Waals surface area (Å²) in [6.07, 6.45) is 1.54. The monoisotopic (exact) mass is 856 g/mol. The molecule has 27 heteroatoms. The van der Waals surface area contributed by atoms with E-state index in [2.05, 4.69) is 36.0 Å². The smallest absolute Gasteiger partial charge is 0.332 e. The molecule has 1 aromatic heterocycles. The fourth-order valence-corrected chi connectivity index (χ4v) is 6.90. The number of carbonyl (C=O) groups is 2. The molecule has 0 radical (unpaired) electrons. The third kappa shape index (κ3) is 24.0. The highest BCUT2D eigenvalue weighted by molar-refractivity contribution is 7.91. The van der Waals surface area contributed by atoms with E-state index in [9.17, 15) is 26.4 Å². The molecule has 0 saturated carbocycles. The van der Waals surface area contributed by atoms with Crippen LogP contribution in [0.15, 0.2) is 21.6 Å². The largest absolute Gasteiger partial charge is 0.480 e. The Bertz CT molecular complexity index is 1550. The highest BCUT2D eigenvalue weighted by Gasteiger charge is 2.27. The first kappa shape index (κ1) is 49.5. The van der Waals surface area contributed by atoms with E-state index in [4.69, 9.17) is 44.8 Å². The summed E-state index contributed by atoms with van der Waals surface area (Å²) < 4.78 is 77.3. The number of carboxylic acids is 1. The molecule has 0 aromatic carbocycles. The lowest BCUT2D eigenvalue weighted by atomic mass is 10.3. The summed E-state index contributed by atoms with van der Waals surface area (Å²) >= 11 is 0. The van der Waals surface area contributed by atoms with E-state index in [0.717, 1.165) is 0 Å². The Hall–Kier alpha value is -3.63. The van der Waals surface area contributed by atoms with Gasteiger partial charge >= 0.3 is 5.97 Å². The average molecular weight is 857 g/mol. The van der Waals surface area contributed by atoms with Gasteiger partial charge in [-0.2, -0.15) is 5.11 Å². The van der Waals surface area contributed by atoms with Crippen LogP contribution in [-0.4, -0.2) is 219 Å². The van der Waals surface area contributed by atoms with Gasteiger partial charge in [-0.15, -0.1) is 5.10 Å². The molecule has 4 heterocycles. The van der Waals surface area contributed by atoms with Gasteiger partial charge in [0.15, 0.2) is 31.4 Å². The SMILES string of the molecule is NCCOCCOCCOCCn1cc(C(=O)N2CCS(=O)(=O)CC2)nn1.O=S1(=O)CCNCC1.[N-]=[N+]=NCCOCCOCCOCCN1CC(C(=O)O)N=N1. The van der Waals surface area contributed by atoms with Crippen LogP contribution in [0.25, 0.3) is 10.4 Å². The van der Waals surface area contributed by atoms with Crippen molar-refractivity contribution in [3.8, 4) is 0 Å². The fourth-order valence-electron chi connectivity index (χ4n) is 4.58. The highest BCUT2D eigenvalue weighted by atomic mass is 32.2. The zero-order valence-corrected chi connectivity index (χ0v) is 33.7. The number of nitrogens with two attached hydrogens (primary N) is 1. The molecule has 1 aromatic rings. The van der Waals surface area contributed by atoms with Crippen molar-refractivity contribution in [2.24, 2.45) is 21.2 Å². The molecule has 0 bridgehead atoms. The predicted molar refractivity (Wildman–Crippen MR) is 202 cm³/mol. The van der Waals surface area contributed by atoms with Gasteiger partial charge in [-0.1, -0.05) is 15.6 Å². The molecule has 0 aliphatic carbocycles. The Kier molecular flexibility index (Phi) is 25.7. The number of hydrogen-bond donors (Lipinski definition) is 3. The summed E-state index contributed by atoms with van der Waals surface area (Å²) in [5, 5.41) is 31.7. The summed E-state index contributed by atoms with van der Waals surface area (Å²) in [5.41, 5.74) is 13.5. The number of sulfone groups is 2. The number of amides is 1. The van der Waals surface area contributed by atoms with Gasteiger partial charge in [-0.3, -0.25) is 9.80 Å². The number of hydrogen-bond acceptors (Lipinski definition) is 20. The number of azide groups is 1. The quantitative estimate of drug-likeness (QED) is 0.0401. The van der Waals surface area contributed by atoms with Gasteiger partial charge in [0, 0.05) is 44.2 Å². The summed E-state index contributed by atoms with van der Waals surface area (Å²) in [6.45, 7) is 9.09. The standard InChI is InChI=1S/C15H27N5O6S.C11H20N6O5.C4H9NO2S/c16-1-5-24-7-9-26-10-8-25-6-2-20-13-14(17-18-20)15(21)19-3-11-27(22,23)12-4-19;12-15-13-1-3-20-5-7-22-8-6-21-4-2-17-9-10(11(18)19)14-16-17;6-8(7)3-1-5-2-4-8/h13H,1-12,16H2;10H,1-9H2,(H,18,19);5H,1-4H2. The van der Waals surface area contributed by atoms with Gasteiger partial charge in [0.2, 0.25) is 0 Å². The number of rotatable bonds is 25. The third-order valence-electron chi connectivity index (χ3n) is 7.66. The minimum atomic E-state index is -3.03. The van der Waals surface area contributed by atoms with Crippen LogP contribution in [0.3, 0.4) is 0 Å². The number of nitrogens with zero attached hydrogens (tertiary/aromatic N) is 10. The summed E-state index contributed by atoms with van der Waals surface area (Å²) in [7, 11) is -5.67. The van der Waals surface area contributed by atoms with Gasteiger partial charge in [-0.05, 0) is 5.53 Å². The second kappa shape index (κ2) is 29.6. The second-order valence-corrected chi connectivity index (χ2v) is 16.7. The lowest BCUT2D eigenvalue weighted by Gasteiger charge is -2.25. The Morgan fingerprint density at radius 1 is 0.825 bits per heavy atom. The van der Waals surface area contributed by atoms with E-state index in [1.54, 1.807) is 11.2 Å². The molecule has 1 atom stereocenters. The molecule has 2 saturated heterocycles. The Balaban J connectivity index is 0.000000334. The van der Waals surface area contributed by atoms with Crippen molar-refractivity contribution >= 4 is 31.6 Å². The normalized spacial score (nSPS) is 18.2. The van der Waals surface area contributed by atoms with Crippen molar-refractivity contribution in [3.05, 3.63) is 22.3 Å². The molecule has 3 aliphatic rings. The third-order valence-corrected chi connectivity index (χ3v) is 10.9. The molecular weight excluding hydrogens is 801 g/mol. The molecular formula is C30H56N12O13S2. The fraction of sp³-hybridized carbons (Fsp3) is 0.867. The molecule has 0 spiro atoms. The second-order valence-electron chi connectivity index (χ2n) is 12.1. The Morgan fingerprint density at radius 2 is 1.35 bits per heavy atom.